The van der Waals surface area contributed by atoms with Gasteiger partial charge in [0.25, 0.3) is 0 Å². The van der Waals surface area contributed by atoms with E-state index in [2.05, 4.69) is 5.32 Å². The number of methoxy groups -OCH3 is 2. The molecule has 7 nitrogen and oxygen atoms in total. The minimum atomic E-state index is -3.75. The number of ether oxygens (including phenoxy) is 2. The largest absolute Gasteiger partial charge is 0.383 e. The maximum absolute atomic E-state index is 12.3. The molecule has 0 radical (unpaired) electrons. The lowest BCUT2D eigenvalue weighted by atomic mass is 9.91. The molecule has 0 aliphatic heterocycles. The maximum Gasteiger partial charge on any atom is 0.238 e. The molecule has 1 rings (SSSR count). The summed E-state index contributed by atoms with van der Waals surface area (Å²) >= 11 is 0. The first kappa shape index (κ1) is 17.6. The molecule has 0 fully saturated rings. The van der Waals surface area contributed by atoms with Gasteiger partial charge in [-0.05, 0) is 31.2 Å². The smallest absolute Gasteiger partial charge is 0.238 e. The molecule has 0 saturated heterocycles. The lowest BCUT2D eigenvalue weighted by Gasteiger charge is -2.26. The Morgan fingerprint density at radius 1 is 1.19 bits per heavy atom. The van der Waals surface area contributed by atoms with E-state index in [-0.39, 0.29) is 24.0 Å². The van der Waals surface area contributed by atoms with Gasteiger partial charge in [0, 0.05) is 19.9 Å². The van der Waals surface area contributed by atoms with E-state index in [1.807, 2.05) is 0 Å². The van der Waals surface area contributed by atoms with Crippen LogP contribution in [-0.4, -0.2) is 41.8 Å². The number of hydrogen-bond acceptors (Lipinski definition) is 5. The zero-order valence-electron chi connectivity index (χ0n) is 12.3. The molecule has 0 heterocycles. The molecule has 1 amide bonds. The molecule has 0 aromatic heterocycles. The topological polar surface area (TPSA) is 108 Å². The Labute approximate surface area is 124 Å². The number of amides is 1. The van der Waals surface area contributed by atoms with Crippen LogP contribution >= 0.6 is 0 Å². The second kappa shape index (κ2) is 6.99. The highest BCUT2D eigenvalue weighted by atomic mass is 32.2. The van der Waals surface area contributed by atoms with Crippen LogP contribution in [-0.2, 0) is 24.3 Å². The van der Waals surface area contributed by atoms with Gasteiger partial charge in [0.15, 0.2) is 0 Å². The molecule has 0 aliphatic rings. The number of carbonyl (C=O) groups is 1. The third-order valence-electron chi connectivity index (χ3n) is 2.91. The van der Waals surface area contributed by atoms with E-state index in [1.54, 1.807) is 6.92 Å². The Morgan fingerprint density at radius 3 is 2.05 bits per heavy atom. The number of rotatable bonds is 7. The summed E-state index contributed by atoms with van der Waals surface area (Å²) in [6, 6.07) is 5.60. The zero-order valence-corrected chi connectivity index (χ0v) is 13.1. The Kier molecular flexibility index (Phi) is 5.85. The molecule has 3 N–H and O–H groups in total. The second-order valence-corrected chi connectivity index (χ2v) is 6.51. The third kappa shape index (κ3) is 4.78. The van der Waals surface area contributed by atoms with Gasteiger partial charge in [0.1, 0.15) is 0 Å². The van der Waals surface area contributed by atoms with Crippen LogP contribution in [0.5, 0.6) is 0 Å². The first-order valence-corrected chi connectivity index (χ1v) is 7.70. The number of nitrogens with one attached hydrogen (secondary N) is 1. The van der Waals surface area contributed by atoms with Crippen molar-refractivity contribution in [3.05, 3.63) is 24.3 Å². The number of carbonyl (C=O) groups excluding carboxylic acids is 1. The van der Waals surface area contributed by atoms with Crippen LogP contribution in [0, 0.1) is 5.41 Å². The summed E-state index contributed by atoms with van der Waals surface area (Å²) in [5.74, 6) is -0.283. The van der Waals surface area contributed by atoms with Gasteiger partial charge in [-0.2, -0.15) is 0 Å². The van der Waals surface area contributed by atoms with E-state index < -0.39 is 15.4 Å². The van der Waals surface area contributed by atoms with Gasteiger partial charge >= 0.3 is 0 Å². The van der Waals surface area contributed by atoms with E-state index in [1.165, 1.54) is 38.5 Å². The minimum absolute atomic E-state index is 0.0166. The fourth-order valence-electron chi connectivity index (χ4n) is 1.82. The summed E-state index contributed by atoms with van der Waals surface area (Å²) < 4.78 is 32.4. The first-order valence-electron chi connectivity index (χ1n) is 6.15. The predicted octanol–water partition coefficient (Wildman–Crippen LogP) is 0.572. The second-order valence-electron chi connectivity index (χ2n) is 4.95. The Hall–Kier alpha value is -1.48. The molecule has 0 spiro atoms. The summed E-state index contributed by atoms with van der Waals surface area (Å²) in [7, 11) is -0.742. The lowest BCUT2D eigenvalue weighted by Crippen LogP contribution is -2.41. The van der Waals surface area contributed by atoms with E-state index >= 15 is 0 Å². The first-order chi connectivity index (χ1) is 9.73. The van der Waals surface area contributed by atoms with Crippen molar-refractivity contribution < 1.29 is 22.7 Å². The van der Waals surface area contributed by atoms with Crippen LogP contribution in [0.1, 0.15) is 6.92 Å². The number of hydrogen-bond donors (Lipinski definition) is 2. The number of sulfonamides is 1. The van der Waals surface area contributed by atoms with E-state index in [0.29, 0.717) is 5.69 Å². The van der Waals surface area contributed by atoms with Gasteiger partial charge in [-0.25, -0.2) is 13.6 Å². The van der Waals surface area contributed by atoms with Crippen LogP contribution in [0.15, 0.2) is 29.2 Å². The molecule has 21 heavy (non-hydrogen) atoms. The van der Waals surface area contributed by atoms with Gasteiger partial charge in [-0.15, -0.1) is 0 Å². The van der Waals surface area contributed by atoms with Gasteiger partial charge in [0.2, 0.25) is 15.9 Å². The van der Waals surface area contributed by atoms with E-state index in [0.717, 1.165) is 0 Å². The summed E-state index contributed by atoms with van der Waals surface area (Å²) in [6.45, 7) is 2.11. The van der Waals surface area contributed by atoms with Gasteiger partial charge in [-0.1, -0.05) is 0 Å². The third-order valence-corrected chi connectivity index (χ3v) is 3.84. The summed E-state index contributed by atoms with van der Waals surface area (Å²) in [5, 5.41) is 7.70. The van der Waals surface area contributed by atoms with E-state index in [9.17, 15) is 13.2 Å². The monoisotopic (exact) mass is 316 g/mol. The number of benzene rings is 1. The summed E-state index contributed by atoms with van der Waals surface area (Å²) in [4.78, 5) is 12.3. The van der Waals surface area contributed by atoms with Crippen LogP contribution in [0.25, 0.3) is 0 Å². The maximum atomic E-state index is 12.3. The Bertz CT molecular complexity index is 577. The molecule has 118 valence electrons. The molecular formula is C13H20N2O5S. The number of anilines is 1. The van der Waals surface area contributed by atoms with E-state index in [4.69, 9.17) is 14.6 Å². The van der Waals surface area contributed by atoms with Crippen molar-refractivity contribution in [1.29, 1.82) is 0 Å². The predicted molar refractivity (Wildman–Crippen MR) is 78.3 cm³/mol. The van der Waals surface area contributed by atoms with Crippen molar-refractivity contribution in [3.8, 4) is 0 Å². The van der Waals surface area contributed by atoms with Crippen LogP contribution in [0.4, 0.5) is 5.69 Å². The molecule has 0 saturated carbocycles. The van der Waals surface area contributed by atoms with Gasteiger partial charge in [-0.3, -0.25) is 4.79 Å². The lowest BCUT2D eigenvalue weighted by molar-refractivity contribution is -0.131. The van der Waals surface area contributed by atoms with Crippen LogP contribution in [0.3, 0.4) is 0 Å². The highest BCUT2D eigenvalue weighted by Crippen LogP contribution is 2.21. The standard InChI is InChI=1S/C13H20N2O5S/c1-13(8-19-2,9-20-3)12(16)15-10-4-6-11(7-5-10)21(14,17)18/h4-7H,8-9H2,1-3H3,(H,15,16)(H2,14,17,18). The summed E-state index contributed by atoms with van der Waals surface area (Å²) in [5.41, 5.74) is -0.381. The summed E-state index contributed by atoms with van der Waals surface area (Å²) in [6.07, 6.45) is 0. The molecule has 0 unspecified atom stereocenters. The van der Waals surface area contributed by atoms with Crippen molar-refractivity contribution in [2.24, 2.45) is 10.6 Å². The molecular weight excluding hydrogens is 296 g/mol. The van der Waals surface area contributed by atoms with Gasteiger partial charge in [0.05, 0.1) is 23.5 Å². The van der Waals surface area contributed by atoms with Crippen LogP contribution in [0.2, 0.25) is 0 Å². The Morgan fingerprint density at radius 2 is 1.67 bits per heavy atom. The molecule has 0 atom stereocenters. The quantitative estimate of drug-likeness (QED) is 0.764. The fourth-order valence-corrected chi connectivity index (χ4v) is 2.34. The average Bonchev–Trinajstić information content (AvgIpc) is 2.38. The average molecular weight is 316 g/mol. The van der Waals surface area contributed by atoms with Gasteiger partial charge < -0.3 is 14.8 Å². The van der Waals surface area contributed by atoms with Crippen LogP contribution < -0.4 is 10.5 Å². The van der Waals surface area contributed by atoms with Crippen molar-refractivity contribution in [2.45, 2.75) is 11.8 Å². The highest BCUT2D eigenvalue weighted by Gasteiger charge is 2.33. The van der Waals surface area contributed by atoms with Crippen molar-refractivity contribution in [3.63, 3.8) is 0 Å². The molecule has 1 aromatic rings. The number of nitrogens with two attached hydrogens (primary N) is 1. The molecule has 0 aliphatic carbocycles. The normalized spacial score (nSPS) is 12.2. The molecule has 1 aromatic carbocycles. The molecule has 8 heteroatoms. The fraction of sp³-hybridized carbons (Fsp3) is 0.462. The van der Waals surface area contributed by atoms with Crippen molar-refractivity contribution in [2.75, 3.05) is 32.8 Å². The molecule has 0 bridgehead atoms. The zero-order chi connectivity index (χ0) is 16.1. The number of primary sulfonamides is 1. The van der Waals surface area contributed by atoms with Crippen molar-refractivity contribution >= 4 is 21.6 Å². The highest BCUT2D eigenvalue weighted by molar-refractivity contribution is 7.89. The Balaban J connectivity index is 2.87. The minimum Gasteiger partial charge on any atom is -0.383 e. The SMILES string of the molecule is COCC(C)(COC)C(=O)Nc1ccc(S(N)(=O)=O)cc1. The van der Waals surface area contributed by atoms with Crippen molar-refractivity contribution in [1.82, 2.24) is 0 Å².